The van der Waals surface area contributed by atoms with Gasteiger partial charge in [-0.15, -0.1) is 11.3 Å². The van der Waals surface area contributed by atoms with E-state index < -0.39 is 0 Å². The van der Waals surface area contributed by atoms with Crippen LogP contribution in [0.15, 0.2) is 24.5 Å². The maximum Gasteiger partial charge on any atom is 0.175 e. The van der Waals surface area contributed by atoms with Crippen LogP contribution in [-0.2, 0) is 6.42 Å². The molecule has 0 atom stereocenters. The van der Waals surface area contributed by atoms with Crippen molar-refractivity contribution in [3.05, 3.63) is 30.1 Å². The van der Waals surface area contributed by atoms with Crippen molar-refractivity contribution in [2.24, 2.45) is 0 Å². The van der Waals surface area contributed by atoms with E-state index in [4.69, 9.17) is 4.74 Å². The number of fused-ring (bicyclic) bond motifs is 1. The standard InChI is InChI=1S/C15H16N2OS2/c1-3-4-5-10-8-16-15(17-9-10)13-6-11-12(19-13)7-14(18-2)20-11/h6-9H,3-5H2,1-2H3. The quantitative estimate of drug-likeness (QED) is 0.681. The van der Waals surface area contributed by atoms with Crippen LogP contribution in [0.5, 0.6) is 5.06 Å². The lowest BCUT2D eigenvalue weighted by Gasteiger charge is -2.00. The predicted molar refractivity (Wildman–Crippen MR) is 85.9 cm³/mol. The Bertz CT molecular complexity index is 669. The van der Waals surface area contributed by atoms with Crippen LogP contribution in [0, 0.1) is 0 Å². The van der Waals surface area contributed by atoms with E-state index in [1.165, 1.54) is 27.8 Å². The van der Waals surface area contributed by atoms with Crippen molar-refractivity contribution in [1.82, 2.24) is 9.97 Å². The third kappa shape index (κ3) is 2.69. The molecule has 0 unspecified atom stereocenters. The molecule has 104 valence electrons. The molecule has 0 saturated carbocycles. The molecule has 3 nitrogen and oxygen atoms in total. The molecule has 0 aliphatic rings. The van der Waals surface area contributed by atoms with Crippen LogP contribution in [0.25, 0.3) is 20.1 Å². The van der Waals surface area contributed by atoms with Gasteiger partial charge >= 0.3 is 0 Å². The fourth-order valence-corrected chi connectivity index (χ4v) is 4.16. The molecule has 3 aromatic heterocycles. The van der Waals surface area contributed by atoms with Crippen molar-refractivity contribution in [2.45, 2.75) is 26.2 Å². The highest BCUT2D eigenvalue weighted by Crippen LogP contribution is 2.40. The Hall–Kier alpha value is -1.46. The molecule has 0 spiro atoms. The van der Waals surface area contributed by atoms with Crippen molar-refractivity contribution >= 4 is 32.1 Å². The smallest absolute Gasteiger partial charge is 0.175 e. The van der Waals surface area contributed by atoms with E-state index in [9.17, 15) is 0 Å². The average Bonchev–Trinajstić information content (AvgIpc) is 3.03. The first-order valence-electron chi connectivity index (χ1n) is 6.69. The summed E-state index contributed by atoms with van der Waals surface area (Å²) >= 11 is 3.38. The number of aryl methyl sites for hydroxylation is 1. The van der Waals surface area contributed by atoms with Crippen LogP contribution in [0.4, 0.5) is 0 Å². The van der Waals surface area contributed by atoms with Gasteiger partial charge in [0, 0.05) is 27.9 Å². The van der Waals surface area contributed by atoms with E-state index in [-0.39, 0.29) is 0 Å². The Kier molecular flexibility index (Phi) is 3.98. The van der Waals surface area contributed by atoms with Gasteiger partial charge in [0.15, 0.2) is 10.9 Å². The number of ether oxygens (including phenoxy) is 1. The summed E-state index contributed by atoms with van der Waals surface area (Å²) in [7, 11) is 1.70. The Morgan fingerprint density at radius 2 is 1.85 bits per heavy atom. The molecule has 0 aromatic carbocycles. The Morgan fingerprint density at radius 3 is 2.50 bits per heavy atom. The van der Waals surface area contributed by atoms with Crippen LogP contribution >= 0.6 is 22.7 Å². The van der Waals surface area contributed by atoms with E-state index in [0.717, 1.165) is 22.2 Å². The summed E-state index contributed by atoms with van der Waals surface area (Å²) in [6.45, 7) is 2.20. The van der Waals surface area contributed by atoms with Crippen molar-refractivity contribution in [3.8, 4) is 15.8 Å². The summed E-state index contributed by atoms with van der Waals surface area (Å²) in [4.78, 5) is 10.1. The predicted octanol–water partition coefficient (Wildman–Crippen LogP) is 4.77. The van der Waals surface area contributed by atoms with E-state index in [0.29, 0.717) is 0 Å². The molecule has 0 radical (unpaired) electrons. The molecule has 20 heavy (non-hydrogen) atoms. The van der Waals surface area contributed by atoms with Gasteiger partial charge < -0.3 is 4.74 Å². The van der Waals surface area contributed by atoms with Crippen LogP contribution in [0.1, 0.15) is 25.3 Å². The van der Waals surface area contributed by atoms with Crippen LogP contribution in [-0.4, -0.2) is 17.1 Å². The molecule has 0 saturated heterocycles. The molecule has 3 heterocycles. The van der Waals surface area contributed by atoms with Gasteiger partial charge in [0.2, 0.25) is 0 Å². The maximum atomic E-state index is 5.25. The molecular weight excluding hydrogens is 288 g/mol. The third-order valence-corrected chi connectivity index (χ3v) is 5.38. The summed E-state index contributed by atoms with van der Waals surface area (Å²) in [5, 5.41) is 0.952. The molecular formula is C15H16N2OS2. The first-order valence-corrected chi connectivity index (χ1v) is 8.32. The number of hydrogen-bond acceptors (Lipinski definition) is 5. The van der Waals surface area contributed by atoms with E-state index in [2.05, 4.69) is 29.0 Å². The average molecular weight is 304 g/mol. The lowest BCUT2D eigenvalue weighted by molar-refractivity contribution is 0.427. The van der Waals surface area contributed by atoms with Crippen molar-refractivity contribution in [2.75, 3.05) is 7.11 Å². The Balaban J connectivity index is 1.84. The van der Waals surface area contributed by atoms with E-state index >= 15 is 0 Å². The zero-order valence-corrected chi connectivity index (χ0v) is 13.2. The minimum atomic E-state index is 0.817. The summed E-state index contributed by atoms with van der Waals surface area (Å²) in [6, 6.07) is 4.22. The second-order valence-corrected chi connectivity index (χ2v) is 6.76. The van der Waals surface area contributed by atoms with Crippen molar-refractivity contribution in [1.29, 1.82) is 0 Å². The first kappa shape index (κ1) is 13.5. The molecule has 3 rings (SSSR count). The van der Waals surface area contributed by atoms with Crippen molar-refractivity contribution in [3.63, 3.8) is 0 Å². The largest absolute Gasteiger partial charge is 0.487 e. The Labute approximate surface area is 126 Å². The second kappa shape index (κ2) is 5.89. The van der Waals surface area contributed by atoms with Gasteiger partial charge in [0.25, 0.3) is 0 Å². The van der Waals surface area contributed by atoms with Gasteiger partial charge in [0.1, 0.15) is 0 Å². The number of hydrogen-bond donors (Lipinski definition) is 0. The number of unbranched alkanes of at least 4 members (excludes halogenated alkanes) is 1. The van der Waals surface area contributed by atoms with E-state index in [1.807, 2.05) is 12.4 Å². The van der Waals surface area contributed by atoms with Gasteiger partial charge in [-0.3, -0.25) is 0 Å². The summed E-state index contributed by atoms with van der Waals surface area (Å²) in [5.41, 5.74) is 1.22. The van der Waals surface area contributed by atoms with E-state index in [1.54, 1.807) is 29.8 Å². The summed E-state index contributed by atoms with van der Waals surface area (Å²) in [6.07, 6.45) is 7.36. The molecule has 0 N–H and O–H groups in total. The summed E-state index contributed by atoms with van der Waals surface area (Å²) in [5.74, 6) is 0.817. The third-order valence-electron chi connectivity index (χ3n) is 3.13. The topological polar surface area (TPSA) is 35.0 Å². The normalized spacial score (nSPS) is 11.1. The number of aromatic nitrogens is 2. The van der Waals surface area contributed by atoms with Crippen LogP contribution in [0.3, 0.4) is 0 Å². The Morgan fingerprint density at radius 1 is 1.10 bits per heavy atom. The number of thiophene rings is 2. The van der Waals surface area contributed by atoms with Gasteiger partial charge in [-0.2, -0.15) is 0 Å². The maximum absolute atomic E-state index is 5.25. The minimum Gasteiger partial charge on any atom is -0.487 e. The second-order valence-electron chi connectivity index (χ2n) is 4.63. The van der Waals surface area contributed by atoms with Crippen LogP contribution < -0.4 is 4.74 Å². The number of nitrogens with zero attached hydrogens (tertiary/aromatic N) is 2. The van der Waals surface area contributed by atoms with Crippen molar-refractivity contribution < 1.29 is 4.74 Å². The number of rotatable bonds is 5. The zero-order valence-electron chi connectivity index (χ0n) is 11.5. The highest BCUT2D eigenvalue weighted by atomic mass is 32.1. The molecule has 0 aliphatic carbocycles. The highest BCUT2D eigenvalue weighted by molar-refractivity contribution is 7.30. The molecule has 0 fully saturated rings. The molecule has 0 aliphatic heterocycles. The molecule has 3 aromatic rings. The number of methoxy groups -OCH3 is 1. The fourth-order valence-electron chi connectivity index (χ4n) is 2.02. The molecule has 0 amide bonds. The lowest BCUT2D eigenvalue weighted by atomic mass is 10.1. The lowest BCUT2D eigenvalue weighted by Crippen LogP contribution is -1.91. The zero-order chi connectivity index (χ0) is 13.9. The first-order chi connectivity index (χ1) is 9.80. The van der Waals surface area contributed by atoms with Gasteiger partial charge in [-0.05, 0) is 24.5 Å². The van der Waals surface area contributed by atoms with Crippen LogP contribution in [0.2, 0.25) is 0 Å². The SMILES string of the molecule is CCCCc1cnc(-c2cc3sc(OC)cc3s2)nc1. The minimum absolute atomic E-state index is 0.817. The highest BCUT2D eigenvalue weighted by Gasteiger charge is 2.10. The monoisotopic (exact) mass is 304 g/mol. The molecule has 5 heteroatoms. The fraction of sp³-hybridized carbons (Fsp3) is 0.333. The van der Waals surface area contributed by atoms with Gasteiger partial charge in [-0.25, -0.2) is 9.97 Å². The summed E-state index contributed by atoms with van der Waals surface area (Å²) < 4.78 is 7.72. The molecule has 0 bridgehead atoms. The van der Waals surface area contributed by atoms with Gasteiger partial charge in [-0.1, -0.05) is 24.7 Å². The van der Waals surface area contributed by atoms with Gasteiger partial charge in [0.05, 0.1) is 12.0 Å².